The zero-order chi connectivity index (χ0) is 15.2. The summed E-state index contributed by atoms with van der Waals surface area (Å²) in [6, 6.07) is 12.2. The van der Waals surface area contributed by atoms with Crippen LogP contribution in [0.1, 0.15) is 17.2 Å². The minimum absolute atomic E-state index is 0.312. The van der Waals surface area contributed by atoms with Crippen LogP contribution in [0.25, 0.3) is 0 Å². The van der Waals surface area contributed by atoms with Gasteiger partial charge in [0.1, 0.15) is 0 Å². The van der Waals surface area contributed by atoms with Gasteiger partial charge in [-0.3, -0.25) is 0 Å². The molecule has 4 N–H and O–H groups in total. The summed E-state index contributed by atoms with van der Waals surface area (Å²) in [7, 11) is 1.61. The van der Waals surface area contributed by atoms with Crippen molar-refractivity contribution in [3.8, 4) is 17.2 Å². The van der Waals surface area contributed by atoms with Gasteiger partial charge >= 0.3 is 0 Å². The van der Waals surface area contributed by atoms with E-state index in [0.717, 1.165) is 5.56 Å². The molecule has 5 heteroatoms. The zero-order valence-corrected chi connectivity index (χ0v) is 11.8. The molecule has 0 aliphatic rings. The van der Waals surface area contributed by atoms with Gasteiger partial charge in [0, 0.05) is 19.2 Å². The van der Waals surface area contributed by atoms with E-state index in [1.807, 2.05) is 30.3 Å². The second-order valence-electron chi connectivity index (χ2n) is 4.66. The van der Waals surface area contributed by atoms with E-state index in [-0.39, 0.29) is 17.5 Å². The van der Waals surface area contributed by atoms with Gasteiger partial charge in [0.15, 0.2) is 11.5 Å². The first-order chi connectivity index (χ1) is 10.1. The highest BCUT2D eigenvalue weighted by molar-refractivity contribution is 5.55. The van der Waals surface area contributed by atoms with Gasteiger partial charge in [0.2, 0.25) is 5.75 Å². The van der Waals surface area contributed by atoms with Gasteiger partial charge in [0.05, 0.1) is 12.6 Å². The largest absolute Gasteiger partial charge is 0.504 e. The first-order valence-corrected chi connectivity index (χ1v) is 6.66. The van der Waals surface area contributed by atoms with E-state index >= 15 is 0 Å². The Morgan fingerprint density at radius 1 is 1.00 bits per heavy atom. The third kappa shape index (κ3) is 3.45. The lowest BCUT2D eigenvalue weighted by molar-refractivity contribution is 0.197. The fraction of sp³-hybridized carbons (Fsp3) is 0.250. The number of hydrogen-bond donors (Lipinski definition) is 4. The lowest BCUT2D eigenvalue weighted by Crippen LogP contribution is -2.26. The molecule has 0 heterocycles. The number of nitrogens with one attached hydrogen (secondary N) is 1. The van der Waals surface area contributed by atoms with Crippen LogP contribution in [0.2, 0.25) is 0 Å². The van der Waals surface area contributed by atoms with E-state index in [1.165, 1.54) is 6.07 Å². The molecule has 112 valence electrons. The van der Waals surface area contributed by atoms with E-state index < -0.39 is 5.75 Å². The molecular formula is C16H19NO4. The molecule has 1 unspecified atom stereocenters. The summed E-state index contributed by atoms with van der Waals surface area (Å²) >= 11 is 0. The Bertz CT molecular complexity index is 586. The van der Waals surface area contributed by atoms with Crippen LogP contribution in [0, 0.1) is 0 Å². The second kappa shape index (κ2) is 6.97. The average Bonchev–Trinajstić information content (AvgIpc) is 2.51. The van der Waals surface area contributed by atoms with Gasteiger partial charge in [-0.2, -0.15) is 0 Å². The monoisotopic (exact) mass is 289 g/mol. The van der Waals surface area contributed by atoms with Crippen LogP contribution in [0.4, 0.5) is 0 Å². The van der Waals surface area contributed by atoms with Crippen molar-refractivity contribution in [1.29, 1.82) is 0 Å². The smallest absolute Gasteiger partial charge is 0.200 e. The van der Waals surface area contributed by atoms with E-state index in [4.69, 9.17) is 4.74 Å². The van der Waals surface area contributed by atoms with E-state index in [9.17, 15) is 15.3 Å². The number of hydrogen-bond acceptors (Lipinski definition) is 5. The van der Waals surface area contributed by atoms with Gasteiger partial charge in [-0.1, -0.05) is 30.3 Å². The minimum Gasteiger partial charge on any atom is -0.504 e. The number of benzene rings is 2. The van der Waals surface area contributed by atoms with E-state index in [1.54, 1.807) is 13.2 Å². The Morgan fingerprint density at radius 2 is 1.71 bits per heavy atom. The number of phenolic OH excluding ortho intramolecular Hbond substituents is 3. The Hall–Kier alpha value is -2.24. The number of methoxy groups -OCH3 is 1. The zero-order valence-electron chi connectivity index (χ0n) is 11.8. The van der Waals surface area contributed by atoms with Crippen LogP contribution in [0.5, 0.6) is 17.2 Å². The first kappa shape index (κ1) is 15.2. The summed E-state index contributed by atoms with van der Waals surface area (Å²) in [5, 5.41) is 32.5. The predicted molar refractivity (Wildman–Crippen MR) is 79.6 cm³/mol. The van der Waals surface area contributed by atoms with Gasteiger partial charge < -0.3 is 25.4 Å². The second-order valence-corrected chi connectivity index (χ2v) is 4.66. The Kier molecular flexibility index (Phi) is 5.03. The van der Waals surface area contributed by atoms with Crippen molar-refractivity contribution in [2.45, 2.75) is 6.04 Å². The Balaban J connectivity index is 2.38. The van der Waals surface area contributed by atoms with Crippen molar-refractivity contribution in [3.63, 3.8) is 0 Å². The van der Waals surface area contributed by atoms with Crippen molar-refractivity contribution in [3.05, 3.63) is 53.6 Å². The van der Waals surface area contributed by atoms with E-state index in [0.29, 0.717) is 18.7 Å². The van der Waals surface area contributed by atoms with Crippen molar-refractivity contribution in [2.75, 3.05) is 20.3 Å². The number of aromatic hydroxyl groups is 3. The van der Waals surface area contributed by atoms with Crippen molar-refractivity contribution < 1.29 is 20.1 Å². The fourth-order valence-electron chi connectivity index (χ4n) is 2.18. The third-order valence-corrected chi connectivity index (χ3v) is 3.26. The molecule has 21 heavy (non-hydrogen) atoms. The van der Waals surface area contributed by atoms with E-state index in [2.05, 4.69) is 5.32 Å². The van der Waals surface area contributed by atoms with Crippen molar-refractivity contribution >= 4 is 0 Å². The maximum Gasteiger partial charge on any atom is 0.200 e. The highest BCUT2D eigenvalue weighted by Gasteiger charge is 2.20. The van der Waals surface area contributed by atoms with Gasteiger partial charge in [-0.25, -0.2) is 0 Å². The Morgan fingerprint density at radius 3 is 2.38 bits per heavy atom. The molecule has 2 aromatic rings. The molecule has 0 fully saturated rings. The van der Waals surface area contributed by atoms with Crippen LogP contribution in [0.3, 0.4) is 0 Å². The van der Waals surface area contributed by atoms with Crippen molar-refractivity contribution in [1.82, 2.24) is 5.32 Å². The Labute approximate surface area is 123 Å². The van der Waals surface area contributed by atoms with Crippen LogP contribution in [-0.4, -0.2) is 35.6 Å². The third-order valence-electron chi connectivity index (χ3n) is 3.26. The number of rotatable bonds is 6. The SMILES string of the molecule is COCCNC(c1ccccc1)c1ccc(O)c(O)c1O. The molecule has 0 bridgehead atoms. The average molecular weight is 289 g/mol. The molecule has 5 nitrogen and oxygen atoms in total. The normalized spacial score (nSPS) is 12.2. The predicted octanol–water partition coefficient (Wildman–Crippen LogP) is 2.13. The quantitative estimate of drug-likeness (QED) is 0.484. The standard InChI is InChI=1S/C16H19NO4/c1-21-10-9-17-14(11-5-3-2-4-6-11)12-7-8-13(18)16(20)15(12)19/h2-8,14,17-20H,9-10H2,1H3. The molecule has 1 atom stereocenters. The number of ether oxygens (including phenoxy) is 1. The van der Waals surface area contributed by atoms with Gasteiger partial charge in [-0.05, 0) is 17.7 Å². The fourth-order valence-corrected chi connectivity index (χ4v) is 2.18. The highest BCUT2D eigenvalue weighted by atomic mass is 16.5. The van der Waals surface area contributed by atoms with Gasteiger partial charge in [-0.15, -0.1) is 0 Å². The molecule has 2 aromatic carbocycles. The molecular weight excluding hydrogens is 270 g/mol. The van der Waals surface area contributed by atoms with Crippen molar-refractivity contribution in [2.24, 2.45) is 0 Å². The van der Waals surface area contributed by atoms with Crippen LogP contribution in [0.15, 0.2) is 42.5 Å². The summed E-state index contributed by atoms with van der Waals surface area (Å²) in [5.74, 6) is -1.18. The first-order valence-electron chi connectivity index (χ1n) is 6.66. The number of phenols is 3. The summed E-state index contributed by atoms with van der Waals surface area (Å²) in [6.07, 6.45) is 0. The molecule has 0 saturated heterocycles. The van der Waals surface area contributed by atoms with Crippen LogP contribution < -0.4 is 5.32 Å². The molecule has 0 aromatic heterocycles. The molecule has 0 aliphatic heterocycles. The highest BCUT2D eigenvalue weighted by Crippen LogP contribution is 2.41. The molecule has 0 spiro atoms. The molecule has 2 rings (SSSR count). The van der Waals surface area contributed by atoms with Crippen LogP contribution >= 0.6 is 0 Å². The lowest BCUT2D eigenvalue weighted by atomic mass is 9.97. The lowest BCUT2D eigenvalue weighted by Gasteiger charge is -2.21. The summed E-state index contributed by atoms with van der Waals surface area (Å²) in [4.78, 5) is 0. The summed E-state index contributed by atoms with van der Waals surface area (Å²) in [6.45, 7) is 1.10. The molecule has 0 radical (unpaired) electrons. The summed E-state index contributed by atoms with van der Waals surface area (Å²) < 4.78 is 5.02. The molecule has 0 amide bonds. The molecule has 0 saturated carbocycles. The minimum atomic E-state index is -0.512. The summed E-state index contributed by atoms with van der Waals surface area (Å²) in [5.41, 5.74) is 1.43. The van der Waals surface area contributed by atoms with Crippen LogP contribution in [-0.2, 0) is 4.74 Å². The van der Waals surface area contributed by atoms with Gasteiger partial charge in [0.25, 0.3) is 0 Å². The maximum atomic E-state index is 10.1. The molecule has 0 aliphatic carbocycles. The topological polar surface area (TPSA) is 82.0 Å². The maximum absolute atomic E-state index is 10.1.